The number of aryl methyl sites for hydroxylation is 1. The lowest BCUT2D eigenvalue weighted by molar-refractivity contribution is -0.384. The molecule has 23 heavy (non-hydrogen) atoms. The zero-order valence-electron chi connectivity index (χ0n) is 13.3. The molecule has 0 amide bonds. The van der Waals surface area contributed by atoms with E-state index >= 15 is 0 Å². The second-order valence-electron chi connectivity index (χ2n) is 5.44. The molecule has 2 aromatic rings. The molecule has 0 saturated heterocycles. The second-order valence-corrected chi connectivity index (χ2v) is 5.83. The van der Waals surface area contributed by atoms with Gasteiger partial charge in [-0.25, -0.2) is 0 Å². The molecule has 0 fully saturated rings. The highest BCUT2D eigenvalue weighted by Crippen LogP contribution is 2.23. The average molecular weight is 329 g/mol. The Morgan fingerprint density at radius 3 is 2.61 bits per heavy atom. The first-order valence-electron chi connectivity index (χ1n) is 7.23. The fraction of sp³-hybridized carbons (Fsp3) is 0.235. The molecule has 0 aliphatic rings. The van der Waals surface area contributed by atoms with Crippen LogP contribution in [0, 0.1) is 17.0 Å². The van der Waals surface area contributed by atoms with Crippen LogP contribution in [0.1, 0.15) is 24.1 Å². The van der Waals surface area contributed by atoms with Crippen LogP contribution >= 0.6 is 12.2 Å². The Morgan fingerprint density at radius 2 is 1.96 bits per heavy atom. The molecule has 0 spiro atoms. The Kier molecular flexibility index (Phi) is 5.28. The summed E-state index contributed by atoms with van der Waals surface area (Å²) in [6.45, 7) is 3.98. The number of benzene rings is 2. The van der Waals surface area contributed by atoms with Gasteiger partial charge in [-0.1, -0.05) is 24.3 Å². The van der Waals surface area contributed by atoms with Crippen molar-refractivity contribution in [2.45, 2.75) is 19.9 Å². The van der Waals surface area contributed by atoms with E-state index in [0.29, 0.717) is 5.11 Å². The van der Waals surface area contributed by atoms with E-state index in [1.807, 2.05) is 56.1 Å². The van der Waals surface area contributed by atoms with Crippen molar-refractivity contribution in [2.24, 2.45) is 0 Å². The number of thiocarbonyl (C=S) groups is 1. The molecule has 0 aliphatic carbocycles. The fourth-order valence-corrected chi connectivity index (χ4v) is 2.51. The first kappa shape index (κ1) is 16.9. The molecule has 0 saturated carbocycles. The highest BCUT2D eigenvalue weighted by molar-refractivity contribution is 7.80. The Balaban J connectivity index is 2.12. The first-order chi connectivity index (χ1) is 10.9. The van der Waals surface area contributed by atoms with E-state index in [0.717, 1.165) is 16.8 Å². The number of nitrogens with zero attached hydrogens (tertiary/aromatic N) is 2. The summed E-state index contributed by atoms with van der Waals surface area (Å²) in [5.41, 5.74) is 3.00. The topological polar surface area (TPSA) is 58.4 Å². The largest absolute Gasteiger partial charge is 0.345 e. The molecule has 0 radical (unpaired) electrons. The van der Waals surface area contributed by atoms with Crippen molar-refractivity contribution < 1.29 is 4.92 Å². The molecular formula is C17H19N3O2S. The lowest BCUT2D eigenvalue weighted by Gasteiger charge is -2.28. The van der Waals surface area contributed by atoms with Crippen molar-refractivity contribution in [3.8, 4) is 0 Å². The predicted molar refractivity (Wildman–Crippen MR) is 96.7 cm³/mol. The van der Waals surface area contributed by atoms with Crippen LogP contribution in [-0.4, -0.2) is 22.0 Å². The van der Waals surface area contributed by atoms with E-state index in [4.69, 9.17) is 12.2 Å². The van der Waals surface area contributed by atoms with Crippen LogP contribution in [0.2, 0.25) is 0 Å². The highest BCUT2D eigenvalue weighted by Gasteiger charge is 2.17. The second kappa shape index (κ2) is 7.19. The molecule has 0 unspecified atom stereocenters. The van der Waals surface area contributed by atoms with Crippen molar-refractivity contribution in [3.63, 3.8) is 0 Å². The lowest BCUT2D eigenvalue weighted by Crippen LogP contribution is -2.33. The van der Waals surface area contributed by atoms with Gasteiger partial charge in [-0.3, -0.25) is 10.1 Å². The molecule has 120 valence electrons. The van der Waals surface area contributed by atoms with E-state index < -0.39 is 0 Å². The van der Waals surface area contributed by atoms with Gasteiger partial charge in [-0.2, -0.15) is 0 Å². The zero-order valence-corrected chi connectivity index (χ0v) is 14.1. The van der Waals surface area contributed by atoms with Crippen molar-refractivity contribution in [1.29, 1.82) is 0 Å². The molecule has 0 aromatic heterocycles. The van der Waals surface area contributed by atoms with Gasteiger partial charge in [-0.15, -0.1) is 0 Å². The van der Waals surface area contributed by atoms with Crippen molar-refractivity contribution in [2.75, 3.05) is 12.4 Å². The maximum atomic E-state index is 10.9. The van der Waals surface area contributed by atoms with Crippen LogP contribution in [-0.2, 0) is 0 Å². The maximum Gasteiger partial charge on any atom is 0.269 e. The number of hydrogen-bond donors (Lipinski definition) is 1. The minimum atomic E-state index is -0.389. The molecular weight excluding hydrogens is 310 g/mol. The molecule has 1 N–H and O–H groups in total. The minimum Gasteiger partial charge on any atom is -0.345 e. The summed E-state index contributed by atoms with van der Waals surface area (Å²) in [7, 11) is 1.87. The van der Waals surface area contributed by atoms with E-state index in [-0.39, 0.29) is 16.7 Å². The van der Waals surface area contributed by atoms with Gasteiger partial charge >= 0.3 is 0 Å². The number of nitrogens with one attached hydrogen (secondary N) is 1. The maximum absolute atomic E-state index is 10.9. The first-order valence-corrected chi connectivity index (χ1v) is 7.64. The third-order valence-corrected chi connectivity index (χ3v) is 4.12. The number of nitro groups is 1. The summed E-state index contributed by atoms with van der Waals surface area (Å²) in [6.07, 6.45) is 0. The fourth-order valence-electron chi connectivity index (χ4n) is 2.23. The van der Waals surface area contributed by atoms with Gasteiger partial charge in [0.2, 0.25) is 0 Å². The van der Waals surface area contributed by atoms with Crippen LogP contribution in [0.5, 0.6) is 0 Å². The van der Waals surface area contributed by atoms with Crippen LogP contribution in [0.4, 0.5) is 11.4 Å². The Bertz CT molecular complexity index is 733. The summed E-state index contributed by atoms with van der Waals surface area (Å²) in [6, 6.07) is 14.5. The van der Waals surface area contributed by atoms with E-state index in [9.17, 15) is 10.1 Å². The van der Waals surface area contributed by atoms with Crippen molar-refractivity contribution in [3.05, 3.63) is 69.8 Å². The smallest absolute Gasteiger partial charge is 0.269 e. The van der Waals surface area contributed by atoms with Crippen LogP contribution < -0.4 is 5.32 Å². The van der Waals surface area contributed by atoms with Crippen LogP contribution in [0.15, 0.2) is 48.5 Å². The Hall–Kier alpha value is -2.47. The summed E-state index contributed by atoms with van der Waals surface area (Å²) < 4.78 is 0. The quantitative estimate of drug-likeness (QED) is 0.515. The molecule has 6 heteroatoms. The molecule has 2 rings (SSSR count). The van der Waals surface area contributed by atoms with Gasteiger partial charge in [0, 0.05) is 24.9 Å². The van der Waals surface area contributed by atoms with E-state index in [1.54, 1.807) is 12.1 Å². The van der Waals surface area contributed by atoms with Gasteiger partial charge in [0.15, 0.2) is 5.11 Å². The third-order valence-electron chi connectivity index (χ3n) is 3.73. The third kappa shape index (κ3) is 4.26. The summed E-state index contributed by atoms with van der Waals surface area (Å²) in [4.78, 5) is 12.4. The van der Waals surface area contributed by atoms with Crippen LogP contribution in [0.3, 0.4) is 0 Å². The van der Waals surface area contributed by atoms with Crippen molar-refractivity contribution in [1.82, 2.24) is 4.90 Å². The Labute approximate surface area is 141 Å². The summed E-state index contributed by atoms with van der Waals surface area (Å²) in [5.74, 6) is 0. The molecule has 1 atom stereocenters. The minimum absolute atomic E-state index is 0.0836. The van der Waals surface area contributed by atoms with Gasteiger partial charge in [-0.05, 0) is 49.3 Å². The monoisotopic (exact) mass is 329 g/mol. The van der Waals surface area contributed by atoms with Crippen LogP contribution in [0.25, 0.3) is 0 Å². The molecule has 2 aromatic carbocycles. The number of anilines is 1. The standard InChI is InChI=1S/C17H19N3O2S/c1-12-6-4-8-15(10-12)18-17(23)19(3)13(2)14-7-5-9-16(11-14)20(21)22/h4-11,13H,1-3H3,(H,18,23)/t13-/m0/s1. The molecule has 0 aliphatic heterocycles. The van der Waals surface area contributed by atoms with Gasteiger partial charge in [0.05, 0.1) is 11.0 Å². The van der Waals surface area contributed by atoms with E-state index in [1.165, 1.54) is 6.07 Å². The average Bonchev–Trinajstić information content (AvgIpc) is 2.53. The Morgan fingerprint density at radius 1 is 1.26 bits per heavy atom. The molecule has 0 heterocycles. The zero-order chi connectivity index (χ0) is 17.0. The number of non-ortho nitro benzene ring substituents is 1. The number of nitro benzene ring substituents is 1. The number of rotatable bonds is 4. The lowest BCUT2D eigenvalue weighted by atomic mass is 10.1. The summed E-state index contributed by atoms with van der Waals surface area (Å²) >= 11 is 5.44. The number of hydrogen-bond acceptors (Lipinski definition) is 3. The normalized spacial score (nSPS) is 11.6. The molecule has 0 bridgehead atoms. The van der Waals surface area contributed by atoms with Gasteiger partial charge in [0.25, 0.3) is 5.69 Å². The van der Waals surface area contributed by atoms with E-state index in [2.05, 4.69) is 5.32 Å². The summed E-state index contributed by atoms with van der Waals surface area (Å²) in [5, 5.41) is 14.7. The van der Waals surface area contributed by atoms with Gasteiger partial charge < -0.3 is 10.2 Å². The van der Waals surface area contributed by atoms with Gasteiger partial charge in [0.1, 0.15) is 0 Å². The van der Waals surface area contributed by atoms with Crippen molar-refractivity contribution >= 4 is 28.7 Å². The highest BCUT2D eigenvalue weighted by atomic mass is 32.1. The SMILES string of the molecule is Cc1cccc(NC(=S)N(C)[C@@H](C)c2cccc([N+](=O)[O-])c2)c1. The molecule has 5 nitrogen and oxygen atoms in total. The predicted octanol–water partition coefficient (Wildman–Crippen LogP) is 4.29.